The summed E-state index contributed by atoms with van der Waals surface area (Å²) in [6, 6.07) is 13.1. The number of hydrogen-bond donors (Lipinski definition) is 2. The summed E-state index contributed by atoms with van der Waals surface area (Å²) in [5.74, 6) is -0.239. The Hall–Kier alpha value is -1.45. The molecule has 1 amide bonds. The fourth-order valence-electron chi connectivity index (χ4n) is 1.90. The van der Waals surface area contributed by atoms with E-state index in [4.69, 9.17) is 0 Å². The molecule has 0 heterocycles. The summed E-state index contributed by atoms with van der Waals surface area (Å²) in [5, 5.41) is 2.74. The van der Waals surface area contributed by atoms with Crippen LogP contribution in [0.25, 0.3) is 0 Å². The molecule has 0 unspecified atom stereocenters. The minimum atomic E-state index is -3.53. The van der Waals surface area contributed by atoms with E-state index in [9.17, 15) is 13.2 Å². The molecule has 0 spiro atoms. The average Bonchev–Trinajstić information content (AvgIpc) is 2.47. The molecule has 0 fully saturated rings. The SMILES string of the molecule is CC(C)NS(=O)(=O)c1ccc(NC(=O)c2ccc(I)cc2)cc1. The highest BCUT2D eigenvalue weighted by Gasteiger charge is 2.15. The summed E-state index contributed by atoms with van der Waals surface area (Å²) in [4.78, 5) is 12.3. The molecule has 0 atom stereocenters. The quantitative estimate of drug-likeness (QED) is 0.696. The highest BCUT2D eigenvalue weighted by Crippen LogP contribution is 2.16. The normalized spacial score (nSPS) is 11.5. The molecule has 7 heteroatoms. The van der Waals surface area contributed by atoms with Crippen LogP contribution < -0.4 is 10.0 Å². The molecule has 2 rings (SSSR count). The molecule has 0 aromatic heterocycles. The van der Waals surface area contributed by atoms with Gasteiger partial charge in [0, 0.05) is 20.9 Å². The lowest BCUT2D eigenvalue weighted by atomic mass is 10.2. The Kier molecular flexibility index (Phi) is 5.77. The van der Waals surface area contributed by atoms with Gasteiger partial charge in [-0.3, -0.25) is 4.79 Å². The number of carbonyl (C=O) groups excluding carboxylic acids is 1. The maximum atomic E-state index is 12.1. The standard InChI is InChI=1S/C16H17IN2O3S/c1-11(2)19-23(21,22)15-9-7-14(8-10-15)18-16(20)12-3-5-13(17)6-4-12/h3-11,19H,1-2H3,(H,18,20). The van der Waals surface area contributed by atoms with Crippen molar-refractivity contribution >= 4 is 44.2 Å². The molecular formula is C16H17IN2O3S. The summed E-state index contributed by atoms with van der Waals surface area (Å²) in [7, 11) is -3.53. The first kappa shape index (κ1) is 17.9. The van der Waals surface area contributed by atoms with E-state index in [-0.39, 0.29) is 16.8 Å². The number of carbonyl (C=O) groups is 1. The number of hydrogen-bond acceptors (Lipinski definition) is 3. The molecule has 2 aromatic rings. The number of sulfonamides is 1. The van der Waals surface area contributed by atoms with E-state index < -0.39 is 10.0 Å². The Morgan fingerprint density at radius 3 is 2.09 bits per heavy atom. The van der Waals surface area contributed by atoms with Crippen LogP contribution in [0.15, 0.2) is 53.4 Å². The van der Waals surface area contributed by atoms with Crippen molar-refractivity contribution < 1.29 is 13.2 Å². The Morgan fingerprint density at radius 2 is 1.57 bits per heavy atom. The molecule has 2 aromatic carbocycles. The molecule has 5 nitrogen and oxygen atoms in total. The zero-order valence-corrected chi connectivity index (χ0v) is 15.7. The van der Waals surface area contributed by atoms with Crippen molar-refractivity contribution in [2.75, 3.05) is 5.32 Å². The monoisotopic (exact) mass is 444 g/mol. The number of nitrogens with one attached hydrogen (secondary N) is 2. The van der Waals surface area contributed by atoms with E-state index in [0.29, 0.717) is 11.3 Å². The van der Waals surface area contributed by atoms with E-state index in [1.165, 1.54) is 12.1 Å². The largest absolute Gasteiger partial charge is 0.322 e. The third-order valence-corrected chi connectivity index (χ3v) is 5.31. The zero-order valence-electron chi connectivity index (χ0n) is 12.7. The third-order valence-electron chi connectivity index (χ3n) is 2.92. The van der Waals surface area contributed by atoms with Crippen molar-refractivity contribution in [2.24, 2.45) is 0 Å². The lowest BCUT2D eigenvalue weighted by Gasteiger charge is -2.10. The van der Waals surface area contributed by atoms with Gasteiger partial charge in [0.25, 0.3) is 5.91 Å². The minimum Gasteiger partial charge on any atom is -0.322 e. The second-order valence-corrected chi connectivity index (χ2v) is 8.22. The van der Waals surface area contributed by atoms with Gasteiger partial charge in [0.2, 0.25) is 10.0 Å². The van der Waals surface area contributed by atoms with Gasteiger partial charge in [-0.15, -0.1) is 0 Å². The molecular weight excluding hydrogens is 427 g/mol. The van der Waals surface area contributed by atoms with Gasteiger partial charge in [-0.2, -0.15) is 0 Å². The van der Waals surface area contributed by atoms with Crippen molar-refractivity contribution in [3.05, 3.63) is 57.7 Å². The summed E-state index contributed by atoms with van der Waals surface area (Å²) in [5.41, 5.74) is 1.08. The van der Waals surface area contributed by atoms with E-state index in [0.717, 1.165) is 3.57 Å². The van der Waals surface area contributed by atoms with Crippen LogP contribution in [0.1, 0.15) is 24.2 Å². The average molecular weight is 444 g/mol. The number of benzene rings is 2. The molecule has 0 saturated heterocycles. The lowest BCUT2D eigenvalue weighted by Crippen LogP contribution is -2.30. The van der Waals surface area contributed by atoms with Crippen molar-refractivity contribution in [1.82, 2.24) is 4.72 Å². The van der Waals surface area contributed by atoms with Crippen LogP contribution in [0, 0.1) is 3.57 Å². The Morgan fingerprint density at radius 1 is 1.00 bits per heavy atom. The van der Waals surface area contributed by atoms with E-state index >= 15 is 0 Å². The Labute approximate surface area is 149 Å². The number of halogens is 1. The maximum absolute atomic E-state index is 12.1. The van der Waals surface area contributed by atoms with Gasteiger partial charge in [0.1, 0.15) is 0 Å². The fraction of sp³-hybridized carbons (Fsp3) is 0.188. The van der Waals surface area contributed by atoms with Crippen LogP contribution in [0.5, 0.6) is 0 Å². The summed E-state index contributed by atoms with van der Waals surface area (Å²) in [6.07, 6.45) is 0. The molecule has 2 N–H and O–H groups in total. The van der Waals surface area contributed by atoms with Gasteiger partial charge in [0.15, 0.2) is 0 Å². The first-order valence-corrected chi connectivity index (χ1v) is 9.53. The van der Waals surface area contributed by atoms with Crippen molar-refractivity contribution in [1.29, 1.82) is 0 Å². The van der Waals surface area contributed by atoms with Crippen molar-refractivity contribution in [2.45, 2.75) is 24.8 Å². The number of anilines is 1. The number of amides is 1. The Balaban J connectivity index is 2.11. The third kappa shape index (κ3) is 5.02. The second kappa shape index (κ2) is 7.41. The van der Waals surface area contributed by atoms with Gasteiger partial charge >= 0.3 is 0 Å². The van der Waals surface area contributed by atoms with Crippen LogP contribution >= 0.6 is 22.6 Å². The molecule has 0 aliphatic rings. The molecule has 0 aliphatic heterocycles. The molecule has 23 heavy (non-hydrogen) atoms. The number of rotatable bonds is 5. The molecule has 0 radical (unpaired) electrons. The first-order chi connectivity index (χ1) is 10.8. The van der Waals surface area contributed by atoms with Crippen LogP contribution in [-0.4, -0.2) is 20.4 Å². The summed E-state index contributed by atoms with van der Waals surface area (Å²) < 4.78 is 27.6. The molecule has 0 aliphatic carbocycles. The van der Waals surface area contributed by atoms with Gasteiger partial charge in [-0.05, 0) is 85.0 Å². The molecule has 0 saturated carbocycles. The van der Waals surface area contributed by atoms with E-state index in [1.807, 2.05) is 12.1 Å². The van der Waals surface area contributed by atoms with Crippen LogP contribution in [0.3, 0.4) is 0 Å². The highest BCUT2D eigenvalue weighted by atomic mass is 127. The van der Waals surface area contributed by atoms with Gasteiger partial charge in [-0.1, -0.05) is 0 Å². The lowest BCUT2D eigenvalue weighted by molar-refractivity contribution is 0.102. The molecule has 0 bridgehead atoms. The predicted molar refractivity (Wildman–Crippen MR) is 99.0 cm³/mol. The fourth-order valence-corrected chi connectivity index (χ4v) is 3.51. The van der Waals surface area contributed by atoms with Crippen molar-refractivity contribution in [3.63, 3.8) is 0 Å². The topological polar surface area (TPSA) is 75.3 Å². The van der Waals surface area contributed by atoms with Crippen LogP contribution in [-0.2, 0) is 10.0 Å². The van der Waals surface area contributed by atoms with Gasteiger partial charge in [-0.25, -0.2) is 13.1 Å². The summed E-state index contributed by atoms with van der Waals surface area (Å²) in [6.45, 7) is 3.51. The van der Waals surface area contributed by atoms with E-state index in [2.05, 4.69) is 32.6 Å². The maximum Gasteiger partial charge on any atom is 0.255 e. The minimum absolute atomic E-state index is 0.165. The molecule has 122 valence electrons. The van der Waals surface area contributed by atoms with Gasteiger partial charge < -0.3 is 5.32 Å². The van der Waals surface area contributed by atoms with E-state index in [1.54, 1.807) is 38.1 Å². The zero-order chi connectivity index (χ0) is 17.0. The predicted octanol–water partition coefficient (Wildman–Crippen LogP) is 3.23. The second-order valence-electron chi connectivity index (χ2n) is 5.26. The van der Waals surface area contributed by atoms with Crippen LogP contribution in [0.4, 0.5) is 5.69 Å². The summed E-state index contributed by atoms with van der Waals surface area (Å²) >= 11 is 2.17. The first-order valence-electron chi connectivity index (χ1n) is 6.97. The Bertz CT molecular complexity index is 785. The van der Waals surface area contributed by atoms with Gasteiger partial charge in [0.05, 0.1) is 4.90 Å². The highest BCUT2D eigenvalue weighted by molar-refractivity contribution is 14.1. The van der Waals surface area contributed by atoms with Crippen molar-refractivity contribution in [3.8, 4) is 0 Å². The van der Waals surface area contributed by atoms with Crippen LogP contribution in [0.2, 0.25) is 0 Å². The smallest absolute Gasteiger partial charge is 0.255 e.